The van der Waals surface area contributed by atoms with Crippen LogP contribution < -0.4 is 5.32 Å². The largest absolute Gasteiger partial charge is 0.338 e. The highest BCUT2D eigenvalue weighted by atomic mass is 16.5. The predicted molar refractivity (Wildman–Crippen MR) is 67.3 cm³/mol. The highest BCUT2D eigenvalue weighted by Gasteiger charge is 2.03. The summed E-state index contributed by atoms with van der Waals surface area (Å²) in [5.74, 6) is 1.23. The maximum atomic E-state index is 5.02. The van der Waals surface area contributed by atoms with Gasteiger partial charge in [-0.15, -0.1) is 0 Å². The quantitative estimate of drug-likeness (QED) is 0.752. The molecule has 3 aromatic heterocycles. The molecule has 0 saturated heterocycles. The average molecular weight is 258 g/mol. The first-order chi connectivity index (χ1) is 9.20. The topological polar surface area (TPSA) is 81.1 Å². The van der Waals surface area contributed by atoms with Crippen LogP contribution in [0.2, 0.25) is 0 Å². The first-order valence-electron chi connectivity index (χ1n) is 6.01. The van der Waals surface area contributed by atoms with Crippen molar-refractivity contribution in [2.75, 3.05) is 0 Å². The van der Waals surface area contributed by atoms with Crippen molar-refractivity contribution in [1.82, 2.24) is 30.1 Å². The summed E-state index contributed by atoms with van der Waals surface area (Å²) in [6.07, 6.45) is 3.80. The zero-order valence-electron chi connectivity index (χ0n) is 10.8. The van der Waals surface area contributed by atoms with E-state index in [4.69, 9.17) is 4.52 Å². The molecule has 0 aliphatic rings. The van der Waals surface area contributed by atoms with Crippen molar-refractivity contribution in [1.29, 1.82) is 0 Å². The molecule has 0 saturated carbocycles. The normalized spacial score (nSPS) is 11.3. The zero-order valence-corrected chi connectivity index (χ0v) is 10.8. The minimum Gasteiger partial charge on any atom is -0.338 e. The smallest absolute Gasteiger partial charge is 0.240 e. The Kier molecular flexibility index (Phi) is 2.96. The van der Waals surface area contributed by atoms with Gasteiger partial charge >= 0.3 is 0 Å². The summed E-state index contributed by atoms with van der Waals surface area (Å²) >= 11 is 0. The van der Waals surface area contributed by atoms with E-state index in [1.807, 2.05) is 25.4 Å². The van der Waals surface area contributed by atoms with Gasteiger partial charge in [0.05, 0.1) is 12.2 Å². The lowest BCUT2D eigenvalue weighted by Gasteiger charge is -2.02. The van der Waals surface area contributed by atoms with E-state index in [2.05, 4.69) is 25.5 Å². The minimum absolute atomic E-state index is 0.539. The molecule has 7 heteroatoms. The fraction of sp³-hybridized carbons (Fsp3) is 0.333. The van der Waals surface area contributed by atoms with Crippen molar-refractivity contribution in [3.05, 3.63) is 41.4 Å². The number of aromatic nitrogens is 5. The number of fused-ring (bicyclic) bond motifs is 1. The Labute approximate surface area is 109 Å². The molecule has 0 bridgehead atoms. The number of aryl methyl sites for hydroxylation is 2. The van der Waals surface area contributed by atoms with Crippen molar-refractivity contribution >= 4 is 5.65 Å². The molecule has 19 heavy (non-hydrogen) atoms. The van der Waals surface area contributed by atoms with Crippen molar-refractivity contribution in [2.24, 2.45) is 0 Å². The Morgan fingerprint density at radius 2 is 2.21 bits per heavy atom. The third-order valence-electron chi connectivity index (χ3n) is 2.66. The number of hydrogen-bond acceptors (Lipinski definition) is 6. The molecule has 0 fully saturated rings. The van der Waals surface area contributed by atoms with Crippen LogP contribution in [0.5, 0.6) is 0 Å². The third-order valence-corrected chi connectivity index (χ3v) is 2.66. The van der Waals surface area contributed by atoms with Crippen LogP contribution in [0.15, 0.2) is 23.0 Å². The Balaban J connectivity index is 1.64. The summed E-state index contributed by atoms with van der Waals surface area (Å²) in [5.41, 5.74) is 2.86. The fourth-order valence-electron chi connectivity index (χ4n) is 1.85. The van der Waals surface area contributed by atoms with E-state index in [1.54, 1.807) is 11.4 Å². The predicted octanol–water partition coefficient (Wildman–Crippen LogP) is 1.02. The van der Waals surface area contributed by atoms with Crippen LogP contribution in [-0.2, 0) is 13.1 Å². The van der Waals surface area contributed by atoms with Gasteiger partial charge in [0.15, 0.2) is 11.5 Å². The molecule has 0 spiro atoms. The van der Waals surface area contributed by atoms with E-state index >= 15 is 0 Å². The lowest BCUT2D eigenvalue weighted by Crippen LogP contribution is -2.13. The fourth-order valence-corrected chi connectivity index (χ4v) is 1.85. The Morgan fingerprint density at radius 3 is 3.00 bits per heavy atom. The maximum Gasteiger partial charge on any atom is 0.240 e. The molecule has 3 rings (SSSR count). The zero-order chi connectivity index (χ0) is 13.2. The molecule has 3 aromatic rings. The molecule has 98 valence electrons. The number of rotatable bonds is 4. The van der Waals surface area contributed by atoms with E-state index in [9.17, 15) is 0 Å². The molecule has 0 atom stereocenters. The number of hydrogen-bond donors (Lipinski definition) is 1. The molecular formula is C12H14N6O. The second-order valence-corrected chi connectivity index (χ2v) is 4.39. The van der Waals surface area contributed by atoms with Crippen molar-refractivity contribution in [2.45, 2.75) is 26.9 Å². The molecule has 1 N–H and O–H groups in total. The number of nitrogens with zero attached hydrogens (tertiary/aromatic N) is 5. The summed E-state index contributed by atoms with van der Waals surface area (Å²) in [4.78, 5) is 8.46. The van der Waals surface area contributed by atoms with Crippen LogP contribution in [-0.4, -0.2) is 24.7 Å². The van der Waals surface area contributed by atoms with Gasteiger partial charge in [-0.05, 0) is 13.8 Å². The Hall–Kier alpha value is -2.28. The van der Waals surface area contributed by atoms with E-state index in [0.29, 0.717) is 24.8 Å². The maximum absolute atomic E-state index is 5.02. The van der Waals surface area contributed by atoms with Crippen molar-refractivity contribution in [3.63, 3.8) is 0 Å². The van der Waals surface area contributed by atoms with Gasteiger partial charge in [0.1, 0.15) is 0 Å². The van der Waals surface area contributed by atoms with Crippen molar-refractivity contribution in [3.8, 4) is 0 Å². The molecule has 0 aliphatic heterocycles. The SMILES string of the molecule is Cc1cc2ncc(CNCc3nc(C)no3)cn2n1. The van der Waals surface area contributed by atoms with E-state index in [1.165, 1.54) is 0 Å². The summed E-state index contributed by atoms with van der Waals surface area (Å²) in [6, 6.07) is 1.94. The van der Waals surface area contributed by atoms with Crippen LogP contribution in [0.3, 0.4) is 0 Å². The highest BCUT2D eigenvalue weighted by molar-refractivity contribution is 5.38. The second kappa shape index (κ2) is 4.77. The van der Waals surface area contributed by atoms with E-state index in [0.717, 1.165) is 16.9 Å². The van der Waals surface area contributed by atoms with Gasteiger partial charge in [0.2, 0.25) is 5.89 Å². The van der Waals surface area contributed by atoms with Gasteiger partial charge in [-0.3, -0.25) is 0 Å². The van der Waals surface area contributed by atoms with Gasteiger partial charge in [0.25, 0.3) is 0 Å². The summed E-state index contributed by atoms with van der Waals surface area (Å²) < 4.78 is 6.80. The average Bonchev–Trinajstić information content (AvgIpc) is 2.94. The standard InChI is InChI=1S/C12H14N6O/c1-8-3-11-14-5-10(7-18(11)16-8)4-13-6-12-15-9(2)17-19-12/h3,5,7,13H,4,6H2,1-2H3. The summed E-state index contributed by atoms with van der Waals surface area (Å²) in [7, 11) is 0. The molecular weight excluding hydrogens is 244 g/mol. The molecule has 3 heterocycles. The lowest BCUT2D eigenvalue weighted by atomic mass is 10.3. The third kappa shape index (κ3) is 2.60. The van der Waals surface area contributed by atoms with Gasteiger partial charge in [0, 0.05) is 30.6 Å². The van der Waals surface area contributed by atoms with Gasteiger partial charge in [-0.2, -0.15) is 10.1 Å². The molecule has 0 amide bonds. The Morgan fingerprint density at radius 1 is 1.32 bits per heavy atom. The van der Waals surface area contributed by atoms with Gasteiger partial charge in [-0.25, -0.2) is 9.50 Å². The number of nitrogens with one attached hydrogen (secondary N) is 1. The first-order valence-corrected chi connectivity index (χ1v) is 6.01. The van der Waals surface area contributed by atoms with Crippen LogP contribution in [0.4, 0.5) is 0 Å². The first kappa shape index (κ1) is 11.8. The summed E-state index contributed by atoms with van der Waals surface area (Å²) in [6.45, 7) is 4.95. The lowest BCUT2D eigenvalue weighted by molar-refractivity contribution is 0.364. The minimum atomic E-state index is 0.539. The summed E-state index contributed by atoms with van der Waals surface area (Å²) in [5, 5.41) is 11.3. The van der Waals surface area contributed by atoms with Crippen LogP contribution in [0.25, 0.3) is 5.65 Å². The van der Waals surface area contributed by atoms with Gasteiger partial charge in [-0.1, -0.05) is 5.16 Å². The van der Waals surface area contributed by atoms with Crippen LogP contribution >= 0.6 is 0 Å². The molecule has 7 nitrogen and oxygen atoms in total. The molecule has 0 aromatic carbocycles. The molecule has 0 radical (unpaired) electrons. The van der Waals surface area contributed by atoms with Crippen LogP contribution in [0, 0.1) is 13.8 Å². The Bertz CT molecular complexity index is 701. The molecule has 0 aliphatic carbocycles. The highest BCUT2D eigenvalue weighted by Crippen LogP contribution is 2.05. The van der Waals surface area contributed by atoms with E-state index < -0.39 is 0 Å². The molecule has 0 unspecified atom stereocenters. The van der Waals surface area contributed by atoms with Crippen LogP contribution in [0.1, 0.15) is 23.0 Å². The monoisotopic (exact) mass is 258 g/mol. The van der Waals surface area contributed by atoms with Gasteiger partial charge < -0.3 is 9.84 Å². The second-order valence-electron chi connectivity index (χ2n) is 4.39. The van der Waals surface area contributed by atoms with Crippen molar-refractivity contribution < 1.29 is 4.52 Å². The van der Waals surface area contributed by atoms with E-state index in [-0.39, 0.29) is 0 Å².